The maximum absolute atomic E-state index is 9.01. The van der Waals surface area contributed by atoms with Crippen molar-refractivity contribution in [1.82, 2.24) is 0 Å². The van der Waals surface area contributed by atoms with Crippen LogP contribution in [-0.2, 0) is 4.74 Å². The summed E-state index contributed by atoms with van der Waals surface area (Å²) < 4.78 is 5.09. The van der Waals surface area contributed by atoms with Crippen LogP contribution in [0.5, 0.6) is 0 Å². The fourth-order valence-corrected chi connectivity index (χ4v) is 0.902. The standard InChI is InChI=1S/C7H12O2/c1-3-6-4-5(2)7(8)9-6/h4,6-8H,3H2,1-2H3/t6-,7?/m1/s1. The summed E-state index contributed by atoms with van der Waals surface area (Å²) >= 11 is 0. The first-order chi connectivity index (χ1) is 4.24. The highest BCUT2D eigenvalue weighted by molar-refractivity contribution is 5.09. The SMILES string of the molecule is CC[C@@H]1C=C(C)C(O)O1. The summed E-state index contributed by atoms with van der Waals surface area (Å²) in [6.45, 7) is 3.91. The van der Waals surface area contributed by atoms with Crippen LogP contribution < -0.4 is 0 Å². The Hall–Kier alpha value is -0.340. The molecule has 1 rings (SSSR count). The minimum atomic E-state index is -0.644. The predicted octanol–water partition coefficient (Wildman–Crippen LogP) is 1.06. The van der Waals surface area contributed by atoms with E-state index in [-0.39, 0.29) is 6.10 Å². The highest BCUT2D eigenvalue weighted by Gasteiger charge is 2.19. The first-order valence-corrected chi connectivity index (χ1v) is 3.26. The molecule has 1 aliphatic rings. The summed E-state index contributed by atoms with van der Waals surface area (Å²) in [5.74, 6) is 0. The molecule has 2 heteroatoms. The first-order valence-electron chi connectivity index (χ1n) is 3.26. The van der Waals surface area contributed by atoms with Crippen molar-refractivity contribution in [1.29, 1.82) is 0 Å². The van der Waals surface area contributed by atoms with Crippen LogP contribution in [0.3, 0.4) is 0 Å². The number of ether oxygens (including phenoxy) is 1. The molecule has 0 amide bonds. The van der Waals surface area contributed by atoms with Crippen LogP contribution in [0.25, 0.3) is 0 Å². The van der Waals surface area contributed by atoms with Gasteiger partial charge in [-0.1, -0.05) is 13.0 Å². The summed E-state index contributed by atoms with van der Waals surface area (Å²) in [5.41, 5.74) is 0.932. The Labute approximate surface area is 55.1 Å². The van der Waals surface area contributed by atoms with E-state index in [1.54, 1.807) is 0 Å². The lowest BCUT2D eigenvalue weighted by Gasteiger charge is -2.06. The molecule has 9 heavy (non-hydrogen) atoms. The largest absolute Gasteiger partial charge is 0.364 e. The zero-order valence-corrected chi connectivity index (χ0v) is 5.79. The minimum absolute atomic E-state index is 0.139. The van der Waals surface area contributed by atoms with Crippen molar-refractivity contribution in [3.8, 4) is 0 Å². The Morgan fingerprint density at radius 1 is 1.78 bits per heavy atom. The topological polar surface area (TPSA) is 29.5 Å². The van der Waals surface area contributed by atoms with Gasteiger partial charge in [-0.2, -0.15) is 0 Å². The Morgan fingerprint density at radius 3 is 2.67 bits per heavy atom. The van der Waals surface area contributed by atoms with Gasteiger partial charge in [0.15, 0.2) is 6.29 Å². The number of hydrogen-bond donors (Lipinski definition) is 1. The molecule has 0 aromatic heterocycles. The maximum Gasteiger partial charge on any atom is 0.177 e. The van der Waals surface area contributed by atoms with Gasteiger partial charge < -0.3 is 9.84 Å². The molecule has 0 fully saturated rings. The van der Waals surface area contributed by atoms with Gasteiger partial charge in [0, 0.05) is 0 Å². The summed E-state index contributed by atoms with van der Waals surface area (Å²) in [4.78, 5) is 0. The number of aliphatic hydroxyl groups excluding tert-OH is 1. The fraction of sp³-hybridized carbons (Fsp3) is 0.714. The molecular weight excluding hydrogens is 116 g/mol. The van der Waals surface area contributed by atoms with E-state index in [0.29, 0.717) is 0 Å². The quantitative estimate of drug-likeness (QED) is 0.535. The molecular formula is C7H12O2. The predicted molar refractivity (Wildman–Crippen MR) is 34.9 cm³/mol. The molecule has 0 spiro atoms. The van der Waals surface area contributed by atoms with Gasteiger partial charge in [0.1, 0.15) is 0 Å². The second-order valence-corrected chi connectivity index (χ2v) is 2.35. The van der Waals surface area contributed by atoms with Crippen LogP contribution in [0, 0.1) is 0 Å². The molecule has 0 bridgehead atoms. The molecule has 0 aromatic carbocycles. The van der Waals surface area contributed by atoms with Crippen LogP contribution in [0.15, 0.2) is 11.6 Å². The van der Waals surface area contributed by atoms with Crippen LogP contribution >= 0.6 is 0 Å². The number of aliphatic hydroxyl groups is 1. The molecule has 2 nitrogen and oxygen atoms in total. The Morgan fingerprint density at radius 2 is 2.44 bits per heavy atom. The molecule has 0 radical (unpaired) electrons. The third-order valence-corrected chi connectivity index (χ3v) is 1.54. The summed E-state index contributed by atoms with van der Waals surface area (Å²) in [6, 6.07) is 0. The Bertz CT molecular complexity index is 129. The van der Waals surface area contributed by atoms with E-state index in [1.165, 1.54) is 0 Å². The fourth-order valence-electron chi connectivity index (χ4n) is 0.902. The van der Waals surface area contributed by atoms with Gasteiger partial charge in [0.25, 0.3) is 0 Å². The Balaban J connectivity index is 2.52. The van der Waals surface area contributed by atoms with Gasteiger partial charge in [-0.3, -0.25) is 0 Å². The minimum Gasteiger partial charge on any atom is -0.364 e. The monoisotopic (exact) mass is 128 g/mol. The van der Waals surface area contributed by atoms with Crippen LogP contribution in [0.1, 0.15) is 20.3 Å². The van der Waals surface area contributed by atoms with E-state index in [0.717, 1.165) is 12.0 Å². The van der Waals surface area contributed by atoms with E-state index in [2.05, 4.69) is 0 Å². The van der Waals surface area contributed by atoms with Crippen molar-refractivity contribution < 1.29 is 9.84 Å². The van der Waals surface area contributed by atoms with Crippen molar-refractivity contribution in [3.05, 3.63) is 11.6 Å². The molecule has 0 saturated heterocycles. The summed E-state index contributed by atoms with van der Waals surface area (Å²) in [7, 11) is 0. The van der Waals surface area contributed by atoms with Crippen molar-refractivity contribution in [2.75, 3.05) is 0 Å². The molecule has 0 saturated carbocycles. The lowest BCUT2D eigenvalue weighted by atomic mass is 10.2. The van der Waals surface area contributed by atoms with Crippen LogP contribution in [-0.4, -0.2) is 17.5 Å². The maximum atomic E-state index is 9.01. The highest BCUT2D eigenvalue weighted by atomic mass is 16.6. The van der Waals surface area contributed by atoms with E-state index in [1.807, 2.05) is 19.9 Å². The highest BCUT2D eigenvalue weighted by Crippen LogP contribution is 2.18. The number of rotatable bonds is 1. The van der Waals surface area contributed by atoms with E-state index in [9.17, 15) is 0 Å². The first kappa shape index (κ1) is 6.78. The summed E-state index contributed by atoms with van der Waals surface area (Å²) in [5, 5.41) is 9.01. The average Bonchev–Trinajstić information content (AvgIpc) is 2.13. The van der Waals surface area contributed by atoms with E-state index in [4.69, 9.17) is 9.84 Å². The van der Waals surface area contributed by atoms with Gasteiger partial charge in [-0.25, -0.2) is 0 Å². The van der Waals surface area contributed by atoms with Gasteiger partial charge in [-0.05, 0) is 18.9 Å². The molecule has 0 aromatic rings. The van der Waals surface area contributed by atoms with Gasteiger partial charge in [0.2, 0.25) is 0 Å². The molecule has 0 aliphatic carbocycles. The van der Waals surface area contributed by atoms with Gasteiger partial charge >= 0.3 is 0 Å². The summed E-state index contributed by atoms with van der Waals surface area (Å²) in [6.07, 6.45) is 2.40. The lowest BCUT2D eigenvalue weighted by molar-refractivity contribution is -0.0795. The second-order valence-electron chi connectivity index (χ2n) is 2.35. The van der Waals surface area contributed by atoms with Crippen molar-refractivity contribution in [2.24, 2.45) is 0 Å². The molecule has 1 aliphatic heterocycles. The zero-order chi connectivity index (χ0) is 6.85. The normalized spacial score (nSPS) is 34.8. The van der Waals surface area contributed by atoms with E-state index >= 15 is 0 Å². The van der Waals surface area contributed by atoms with E-state index < -0.39 is 6.29 Å². The number of hydrogen-bond acceptors (Lipinski definition) is 2. The molecule has 2 atom stereocenters. The van der Waals surface area contributed by atoms with Crippen LogP contribution in [0.4, 0.5) is 0 Å². The molecule has 1 N–H and O–H groups in total. The average molecular weight is 128 g/mol. The van der Waals surface area contributed by atoms with Crippen molar-refractivity contribution in [3.63, 3.8) is 0 Å². The van der Waals surface area contributed by atoms with Crippen LogP contribution in [0.2, 0.25) is 0 Å². The van der Waals surface area contributed by atoms with Crippen molar-refractivity contribution in [2.45, 2.75) is 32.7 Å². The smallest absolute Gasteiger partial charge is 0.177 e. The molecule has 1 heterocycles. The van der Waals surface area contributed by atoms with Crippen molar-refractivity contribution >= 4 is 0 Å². The third-order valence-electron chi connectivity index (χ3n) is 1.54. The second kappa shape index (κ2) is 2.50. The molecule has 52 valence electrons. The van der Waals surface area contributed by atoms with Gasteiger partial charge in [-0.15, -0.1) is 0 Å². The third kappa shape index (κ3) is 1.32. The molecule has 1 unspecified atom stereocenters. The zero-order valence-electron chi connectivity index (χ0n) is 5.79. The van der Waals surface area contributed by atoms with Gasteiger partial charge in [0.05, 0.1) is 6.10 Å². The lowest BCUT2D eigenvalue weighted by Crippen LogP contribution is -2.11. The Kier molecular flexibility index (Phi) is 1.88.